The van der Waals surface area contributed by atoms with Crippen molar-refractivity contribution in [2.24, 2.45) is 5.92 Å². The van der Waals surface area contributed by atoms with Gasteiger partial charge >= 0.3 is 0 Å². The van der Waals surface area contributed by atoms with Gasteiger partial charge in [-0.3, -0.25) is 0 Å². The van der Waals surface area contributed by atoms with Crippen LogP contribution in [-0.2, 0) is 0 Å². The number of hydrogen-bond acceptors (Lipinski definition) is 4. The minimum Gasteiger partial charge on any atom is -0.494 e. The average Bonchev–Trinajstić information content (AvgIpc) is 2.98. The lowest BCUT2D eigenvalue weighted by atomic mass is 10.3. The second kappa shape index (κ2) is 3.82. The minimum absolute atomic E-state index is 0.577. The SMILES string of the molecule is CCC1CC1Nc1ncc(OC)cn1. The van der Waals surface area contributed by atoms with Gasteiger partial charge in [-0.15, -0.1) is 0 Å². The van der Waals surface area contributed by atoms with Crippen LogP contribution in [-0.4, -0.2) is 23.1 Å². The summed E-state index contributed by atoms with van der Waals surface area (Å²) < 4.78 is 4.98. The molecule has 1 heterocycles. The van der Waals surface area contributed by atoms with Crippen molar-refractivity contribution in [3.05, 3.63) is 12.4 Å². The summed E-state index contributed by atoms with van der Waals surface area (Å²) in [6.07, 6.45) is 5.83. The van der Waals surface area contributed by atoms with Crippen LogP contribution in [0, 0.1) is 5.92 Å². The van der Waals surface area contributed by atoms with E-state index in [9.17, 15) is 0 Å². The number of anilines is 1. The normalized spacial score (nSPS) is 24.4. The Labute approximate surface area is 83.7 Å². The van der Waals surface area contributed by atoms with Gasteiger partial charge in [0.1, 0.15) is 0 Å². The first-order valence-corrected chi connectivity index (χ1v) is 4.96. The number of hydrogen-bond donors (Lipinski definition) is 1. The third kappa shape index (κ3) is 1.95. The third-order valence-corrected chi connectivity index (χ3v) is 2.63. The van der Waals surface area contributed by atoms with E-state index in [4.69, 9.17) is 4.74 Å². The van der Waals surface area contributed by atoms with Gasteiger partial charge in [-0.1, -0.05) is 13.3 Å². The third-order valence-electron chi connectivity index (χ3n) is 2.63. The first-order chi connectivity index (χ1) is 6.83. The molecule has 1 aliphatic carbocycles. The lowest BCUT2D eigenvalue weighted by Gasteiger charge is -2.03. The van der Waals surface area contributed by atoms with Crippen molar-refractivity contribution >= 4 is 5.95 Å². The van der Waals surface area contributed by atoms with Crippen LogP contribution in [0.2, 0.25) is 0 Å². The van der Waals surface area contributed by atoms with Crippen LogP contribution >= 0.6 is 0 Å². The molecule has 0 bridgehead atoms. The maximum absolute atomic E-state index is 4.98. The van der Waals surface area contributed by atoms with Gasteiger partial charge in [0.2, 0.25) is 5.95 Å². The van der Waals surface area contributed by atoms with Gasteiger partial charge in [-0.05, 0) is 12.3 Å². The maximum atomic E-state index is 4.98. The first kappa shape index (κ1) is 9.24. The number of ether oxygens (including phenoxy) is 1. The molecule has 1 aromatic rings. The molecule has 0 aromatic carbocycles. The van der Waals surface area contributed by atoms with Crippen LogP contribution in [0.4, 0.5) is 5.95 Å². The second-order valence-electron chi connectivity index (χ2n) is 3.60. The molecule has 1 saturated carbocycles. The van der Waals surface area contributed by atoms with Crippen molar-refractivity contribution in [2.45, 2.75) is 25.8 Å². The monoisotopic (exact) mass is 193 g/mol. The van der Waals surface area contributed by atoms with Gasteiger partial charge in [-0.25, -0.2) is 9.97 Å². The largest absolute Gasteiger partial charge is 0.494 e. The van der Waals surface area contributed by atoms with Crippen molar-refractivity contribution in [1.82, 2.24) is 9.97 Å². The molecule has 1 fully saturated rings. The Hall–Kier alpha value is -1.32. The molecule has 0 saturated heterocycles. The van der Waals surface area contributed by atoms with E-state index in [0.717, 1.165) is 5.92 Å². The predicted octanol–water partition coefficient (Wildman–Crippen LogP) is 1.70. The number of nitrogens with zero attached hydrogens (tertiary/aromatic N) is 2. The summed E-state index contributed by atoms with van der Waals surface area (Å²) in [4.78, 5) is 8.30. The summed E-state index contributed by atoms with van der Waals surface area (Å²) in [6.45, 7) is 2.21. The molecular weight excluding hydrogens is 178 g/mol. The van der Waals surface area contributed by atoms with E-state index in [1.807, 2.05) is 0 Å². The van der Waals surface area contributed by atoms with Crippen LogP contribution < -0.4 is 10.1 Å². The molecule has 14 heavy (non-hydrogen) atoms. The van der Waals surface area contributed by atoms with E-state index in [1.165, 1.54) is 12.8 Å². The van der Waals surface area contributed by atoms with Gasteiger partial charge < -0.3 is 10.1 Å². The highest BCUT2D eigenvalue weighted by Crippen LogP contribution is 2.35. The Morgan fingerprint density at radius 3 is 2.71 bits per heavy atom. The molecule has 0 amide bonds. The molecule has 2 rings (SSSR count). The van der Waals surface area contributed by atoms with Gasteiger partial charge in [-0.2, -0.15) is 0 Å². The highest BCUT2D eigenvalue weighted by molar-refractivity contribution is 5.30. The summed E-state index contributed by atoms with van der Waals surface area (Å²) in [5.41, 5.74) is 0. The Balaban J connectivity index is 1.91. The summed E-state index contributed by atoms with van der Waals surface area (Å²) in [5, 5.41) is 3.29. The standard InChI is InChI=1S/C10H15N3O/c1-3-7-4-9(7)13-10-11-5-8(14-2)6-12-10/h5-7,9H,3-4H2,1-2H3,(H,11,12,13). The molecule has 1 aliphatic rings. The molecule has 2 atom stereocenters. The number of nitrogens with one attached hydrogen (secondary N) is 1. The smallest absolute Gasteiger partial charge is 0.223 e. The van der Waals surface area contributed by atoms with E-state index >= 15 is 0 Å². The van der Waals surface area contributed by atoms with Crippen LogP contribution in [0.25, 0.3) is 0 Å². The quantitative estimate of drug-likeness (QED) is 0.790. The summed E-state index contributed by atoms with van der Waals surface area (Å²) in [5.74, 6) is 2.20. The van der Waals surface area contributed by atoms with Gasteiger partial charge in [0.15, 0.2) is 5.75 Å². The summed E-state index contributed by atoms with van der Waals surface area (Å²) >= 11 is 0. The van der Waals surface area contributed by atoms with Crippen molar-refractivity contribution in [3.63, 3.8) is 0 Å². The zero-order chi connectivity index (χ0) is 9.97. The maximum Gasteiger partial charge on any atom is 0.223 e. The zero-order valence-electron chi connectivity index (χ0n) is 8.53. The summed E-state index contributed by atoms with van der Waals surface area (Å²) in [7, 11) is 1.61. The van der Waals surface area contributed by atoms with Gasteiger partial charge in [0.25, 0.3) is 0 Å². The fraction of sp³-hybridized carbons (Fsp3) is 0.600. The summed E-state index contributed by atoms with van der Waals surface area (Å²) in [6, 6.07) is 0.577. The van der Waals surface area contributed by atoms with Crippen LogP contribution in [0.15, 0.2) is 12.4 Å². The molecule has 1 aromatic heterocycles. The Kier molecular flexibility index (Phi) is 2.52. The van der Waals surface area contributed by atoms with Crippen molar-refractivity contribution in [2.75, 3.05) is 12.4 Å². The number of rotatable bonds is 4. The lowest BCUT2D eigenvalue weighted by Crippen LogP contribution is -2.07. The minimum atomic E-state index is 0.577. The molecule has 0 spiro atoms. The van der Waals surface area contributed by atoms with E-state index in [2.05, 4.69) is 22.2 Å². The van der Waals surface area contributed by atoms with Crippen molar-refractivity contribution < 1.29 is 4.74 Å². The van der Waals surface area contributed by atoms with Crippen LogP contribution in [0.1, 0.15) is 19.8 Å². The van der Waals surface area contributed by atoms with Crippen LogP contribution in [0.5, 0.6) is 5.75 Å². The van der Waals surface area contributed by atoms with Gasteiger partial charge in [0.05, 0.1) is 19.5 Å². The first-order valence-electron chi connectivity index (χ1n) is 4.96. The Morgan fingerprint density at radius 2 is 2.21 bits per heavy atom. The predicted molar refractivity (Wildman–Crippen MR) is 54.4 cm³/mol. The molecule has 0 radical (unpaired) electrons. The van der Waals surface area contributed by atoms with Crippen molar-refractivity contribution in [1.29, 1.82) is 0 Å². The highest BCUT2D eigenvalue weighted by atomic mass is 16.5. The lowest BCUT2D eigenvalue weighted by molar-refractivity contribution is 0.411. The fourth-order valence-electron chi connectivity index (χ4n) is 1.54. The topological polar surface area (TPSA) is 47.0 Å². The Bertz CT molecular complexity index is 299. The fourth-order valence-corrected chi connectivity index (χ4v) is 1.54. The second-order valence-corrected chi connectivity index (χ2v) is 3.60. The van der Waals surface area contributed by atoms with E-state index < -0.39 is 0 Å². The molecule has 4 nitrogen and oxygen atoms in total. The average molecular weight is 193 g/mol. The number of aromatic nitrogens is 2. The zero-order valence-corrected chi connectivity index (χ0v) is 8.53. The molecule has 4 heteroatoms. The van der Waals surface area contributed by atoms with Crippen molar-refractivity contribution in [3.8, 4) is 5.75 Å². The molecule has 76 valence electrons. The van der Waals surface area contributed by atoms with E-state index in [0.29, 0.717) is 17.7 Å². The van der Waals surface area contributed by atoms with Crippen LogP contribution in [0.3, 0.4) is 0 Å². The molecule has 1 N–H and O–H groups in total. The number of methoxy groups -OCH3 is 1. The van der Waals surface area contributed by atoms with Gasteiger partial charge in [0, 0.05) is 6.04 Å². The molecule has 2 unspecified atom stereocenters. The van der Waals surface area contributed by atoms with E-state index in [-0.39, 0.29) is 0 Å². The molecule has 0 aliphatic heterocycles. The van der Waals surface area contributed by atoms with E-state index in [1.54, 1.807) is 19.5 Å². The molecular formula is C10H15N3O. The highest BCUT2D eigenvalue weighted by Gasteiger charge is 2.35. The Morgan fingerprint density at radius 1 is 1.50 bits per heavy atom.